The van der Waals surface area contributed by atoms with E-state index >= 15 is 0 Å². The van der Waals surface area contributed by atoms with Gasteiger partial charge >= 0.3 is 0 Å². The van der Waals surface area contributed by atoms with Crippen LogP contribution in [0.5, 0.6) is 0 Å². The third-order valence-electron chi connectivity index (χ3n) is 1.75. The average molecular weight is 192 g/mol. The van der Waals surface area contributed by atoms with E-state index in [0.29, 0.717) is 0 Å². The van der Waals surface area contributed by atoms with E-state index in [4.69, 9.17) is 0 Å². The zero-order valence-corrected chi connectivity index (χ0v) is 12.0. The van der Waals surface area contributed by atoms with Gasteiger partial charge in [-0.1, -0.05) is 42.0 Å². The first-order valence-corrected chi connectivity index (χ1v) is 6.74. The third kappa shape index (κ3) is 3.19. The van der Waals surface area contributed by atoms with Crippen molar-refractivity contribution in [3.8, 4) is 0 Å². The minimum absolute atomic E-state index is 0.909. The average Bonchev–Trinajstić information content (AvgIpc) is 2.03. The Kier molecular flexibility index (Phi) is 3.50. The van der Waals surface area contributed by atoms with Gasteiger partial charge in [-0.15, -0.1) is 0 Å². The molecule has 0 bridgehead atoms. The zero-order valence-electron chi connectivity index (χ0n) is 8.04. The maximum Gasteiger partial charge on any atom is 0.00705 e. The van der Waals surface area contributed by atoms with E-state index in [1.165, 1.54) is 31.6 Å². The highest BCUT2D eigenvalue weighted by molar-refractivity contribution is 6.37. The number of benzene rings is 1. The predicted octanol–water partition coefficient (Wildman–Crippen LogP) is 0.485. The van der Waals surface area contributed by atoms with Crippen molar-refractivity contribution < 1.29 is 0 Å². The van der Waals surface area contributed by atoms with Gasteiger partial charge in [0.25, 0.3) is 0 Å². The molecule has 0 heterocycles. The van der Waals surface area contributed by atoms with Crippen LogP contribution in [0.1, 0.15) is 11.1 Å². The fraction of sp³-hybridized carbons (Fsp3) is 0.200. The Bertz CT molecular complexity index is 260. The summed E-state index contributed by atoms with van der Waals surface area (Å²) in [7, 11) is 2.61. The predicted molar refractivity (Wildman–Crippen MR) is 63.8 cm³/mol. The molecule has 0 spiro atoms. The molecule has 0 unspecified atom stereocenters. The van der Waals surface area contributed by atoms with Crippen LogP contribution in [0.3, 0.4) is 0 Å². The summed E-state index contributed by atoms with van der Waals surface area (Å²) >= 11 is 0. The maximum absolute atomic E-state index is 2.34. The Morgan fingerprint density at radius 2 is 1.75 bits per heavy atom. The van der Waals surface area contributed by atoms with E-state index in [9.17, 15) is 0 Å². The summed E-state index contributed by atoms with van der Waals surface area (Å²) < 4.78 is 0. The van der Waals surface area contributed by atoms with Crippen LogP contribution in [0.25, 0.3) is 6.08 Å². The number of rotatable bonds is 2. The van der Waals surface area contributed by atoms with Gasteiger partial charge in [-0.05, 0) is 17.7 Å². The third-order valence-corrected chi connectivity index (χ3v) is 2.52. The summed E-state index contributed by atoms with van der Waals surface area (Å²) in [5, 5.41) is 0.909. The lowest BCUT2D eigenvalue weighted by atomic mass is 10.1. The highest BCUT2D eigenvalue weighted by atomic mass is 28.2. The van der Waals surface area contributed by atoms with Gasteiger partial charge in [-0.3, -0.25) is 0 Å². The van der Waals surface area contributed by atoms with Crippen LogP contribution in [-0.2, 0) is 0 Å². The number of allylic oxidation sites excluding steroid dienone is 1. The molecule has 0 atom stereocenters. The van der Waals surface area contributed by atoms with Crippen molar-refractivity contribution in [2.24, 2.45) is 0 Å². The van der Waals surface area contributed by atoms with Gasteiger partial charge in [0, 0.05) is 20.5 Å². The normalized spacial score (nSPS) is 14.1. The lowest BCUT2D eigenvalue weighted by molar-refractivity contribution is 1.46. The Balaban J connectivity index is 2.71. The van der Waals surface area contributed by atoms with E-state index in [-0.39, 0.29) is 0 Å². The molecule has 1 aromatic rings. The monoisotopic (exact) mass is 192 g/mol. The van der Waals surface area contributed by atoms with Crippen LogP contribution in [0, 0.1) is 6.92 Å². The van der Waals surface area contributed by atoms with Crippen molar-refractivity contribution in [1.29, 1.82) is 0 Å². The molecule has 0 aromatic heterocycles. The maximum atomic E-state index is 2.34. The molecule has 0 aliphatic heterocycles. The molecule has 0 amide bonds. The van der Waals surface area contributed by atoms with Crippen molar-refractivity contribution in [3.63, 3.8) is 0 Å². The second-order valence-electron chi connectivity index (χ2n) is 3.51. The molecule has 0 fully saturated rings. The molecule has 1 rings (SSSR count). The topological polar surface area (TPSA) is 0 Å². The zero-order chi connectivity index (χ0) is 8.97. The van der Waals surface area contributed by atoms with E-state index in [2.05, 4.69) is 43.3 Å². The first-order valence-electron chi connectivity index (χ1n) is 4.43. The summed E-state index contributed by atoms with van der Waals surface area (Å²) in [6.45, 7) is 2.12. The second-order valence-corrected chi connectivity index (χ2v) is 9.47. The smallest absolute Gasteiger partial charge is 0.00705 e. The van der Waals surface area contributed by atoms with Crippen molar-refractivity contribution in [2.75, 3.05) is 0 Å². The van der Waals surface area contributed by atoms with Gasteiger partial charge in [0.1, 0.15) is 0 Å². The first-order chi connectivity index (χ1) is 5.68. The molecule has 0 saturated carbocycles. The van der Waals surface area contributed by atoms with Crippen LogP contribution in [-0.4, -0.2) is 20.5 Å². The molecule has 0 N–H and O–H groups in total. The summed E-state index contributed by atoms with van der Waals surface area (Å²) in [5.74, 6) is 0. The molecule has 0 nitrogen and oxygen atoms in total. The lowest BCUT2D eigenvalue weighted by Crippen LogP contribution is -1.83. The minimum atomic E-state index is 0.909. The van der Waals surface area contributed by atoms with Gasteiger partial charge in [0.15, 0.2) is 0 Å². The van der Waals surface area contributed by atoms with E-state index in [1.807, 2.05) is 0 Å². The van der Waals surface area contributed by atoms with Gasteiger partial charge in [0.05, 0.1) is 0 Å². The Labute approximate surface area is 80.5 Å². The van der Waals surface area contributed by atoms with E-state index < -0.39 is 0 Å². The number of hydrogen-bond acceptors (Lipinski definition) is 0. The standard InChI is InChI=1S/C10H16Si2/c1-8-2-4-9(5-3-8)6-7-10(11)12/h2-7,10H,1,11-12H3. The molecular weight excluding hydrogens is 176 g/mol. The Morgan fingerprint density at radius 3 is 2.25 bits per heavy atom. The summed E-state index contributed by atoms with van der Waals surface area (Å²) in [6, 6.07) is 8.68. The van der Waals surface area contributed by atoms with Crippen molar-refractivity contribution in [1.82, 2.24) is 0 Å². The SMILES string of the molecule is Cc1ccc(C=CC([SiH3])[SiH3])cc1. The quantitative estimate of drug-likeness (QED) is 0.598. The van der Waals surface area contributed by atoms with Crippen LogP contribution in [0.4, 0.5) is 0 Å². The Hall–Kier alpha value is -0.606. The molecule has 2 heteroatoms. The molecular formula is C10H16Si2. The van der Waals surface area contributed by atoms with Crippen LogP contribution < -0.4 is 0 Å². The van der Waals surface area contributed by atoms with E-state index in [1.54, 1.807) is 0 Å². The Morgan fingerprint density at radius 1 is 1.17 bits per heavy atom. The highest BCUT2D eigenvalue weighted by Crippen LogP contribution is 2.06. The molecule has 0 radical (unpaired) electrons. The van der Waals surface area contributed by atoms with Gasteiger partial charge in [-0.25, -0.2) is 0 Å². The van der Waals surface area contributed by atoms with E-state index in [0.717, 1.165) is 5.16 Å². The van der Waals surface area contributed by atoms with Crippen LogP contribution in [0.2, 0.25) is 5.16 Å². The highest BCUT2D eigenvalue weighted by Gasteiger charge is 1.87. The fourth-order valence-electron chi connectivity index (χ4n) is 0.981. The van der Waals surface area contributed by atoms with Gasteiger partial charge in [0.2, 0.25) is 0 Å². The summed E-state index contributed by atoms with van der Waals surface area (Å²) in [6.07, 6.45) is 4.58. The second kappa shape index (κ2) is 4.43. The largest absolute Gasteiger partial charge is 0.0879 e. The fourth-order valence-corrected chi connectivity index (χ4v) is 1.37. The number of hydrogen-bond donors (Lipinski definition) is 0. The van der Waals surface area contributed by atoms with Crippen molar-refractivity contribution in [2.45, 2.75) is 12.1 Å². The lowest BCUT2D eigenvalue weighted by Gasteiger charge is -1.96. The molecule has 0 saturated heterocycles. The molecule has 64 valence electrons. The van der Waals surface area contributed by atoms with Crippen LogP contribution in [0.15, 0.2) is 30.3 Å². The van der Waals surface area contributed by atoms with Gasteiger partial charge in [-0.2, -0.15) is 0 Å². The molecule has 0 aliphatic rings. The molecule has 12 heavy (non-hydrogen) atoms. The van der Waals surface area contributed by atoms with Gasteiger partial charge < -0.3 is 0 Å². The summed E-state index contributed by atoms with van der Waals surface area (Å²) in [5.41, 5.74) is 2.66. The molecule has 1 aromatic carbocycles. The molecule has 0 aliphatic carbocycles. The first kappa shape index (κ1) is 9.48. The minimum Gasteiger partial charge on any atom is -0.0879 e. The van der Waals surface area contributed by atoms with Crippen molar-refractivity contribution in [3.05, 3.63) is 41.5 Å². The summed E-state index contributed by atoms with van der Waals surface area (Å²) in [4.78, 5) is 0. The van der Waals surface area contributed by atoms with Crippen LogP contribution >= 0.6 is 0 Å². The van der Waals surface area contributed by atoms with Crippen molar-refractivity contribution >= 4 is 26.6 Å². The number of aryl methyl sites for hydroxylation is 1.